The van der Waals surface area contributed by atoms with E-state index in [9.17, 15) is 14.0 Å². The Balaban J connectivity index is 1.58. The van der Waals surface area contributed by atoms with E-state index in [-0.39, 0.29) is 41.9 Å². The number of aromatic nitrogens is 1. The Labute approximate surface area is 185 Å². The second-order valence-electron chi connectivity index (χ2n) is 7.55. The highest BCUT2D eigenvalue weighted by Gasteiger charge is 2.31. The molecule has 0 saturated heterocycles. The topological polar surface area (TPSA) is 84.7 Å². The molecular weight excluding hydrogens is 413 g/mol. The van der Waals surface area contributed by atoms with Crippen molar-refractivity contribution in [2.75, 3.05) is 13.1 Å². The molecule has 32 heavy (non-hydrogen) atoms. The lowest BCUT2D eigenvalue weighted by Gasteiger charge is -2.37. The van der Waals surface area contributed by atoms with Crippen LogP contribution < -0.4 is 10.1 Å². The first-order valence-electron chi connectivity index (χ1n) is 10.5. The van der Waals surface area contributed by atoms with Gasteiger partial charge in [0.15, 0.2) is 12.3 Å². The van der Waals surface area contributed by atoms with Crippen LogP contribution >= 0.6 is 0 Å². The molecule has 4 rings (SSSR count). The lowest BCUT2D eigenvalue weighted by Crippen LogP contribution is -2.39. The maximum absolute atomic E-state index is 13.5. The molecule has 1 unspecified atom stereocenters. The number of nitrogens with one attached hydrogen (secondary N) is 1. The summed E-state index contributed by atoms with van der Waals surface area (Å²) in [4.78, 5) is 30.1. The van der Waals surface area contributed by atoms with Crippen LogP contribution in [-0.4, -0.2) is 34.8 Å². The van der Waals surface area contributed by atoms with Gasteiger partial charge in [0, 0.05) is 20.0 Å². The maximum atomic E-state index is 13.5. The van der Waals surface area contributed by atoms with Gasteiger partial charge in [0.1, 0.15) is 17.8 Å². The fraction of sp³-hybridized carbons (Fsp3) is 0.292. The summed E-state index contributed by atoms with van der Waals surface area (Å²) in [5.74, 6) is 0.189. The van der Waals surface area contributed by atoms with Crippen molar-refractivity contribution in [2.24, 2.45) is 0 Å². The van der Waals surface area contributed by atoms with Gasteiger partial charge in [0.2, 0.25) is 11.8 Å². The maximum Gasteiger partial charge on any atom is 0.273 e. The van der Waals surface area contributed by atoms with Crippen molar-refractivity contribution >= 4 is 11.8 Å². The monoisotopic (exact) mass is 437 g/mol. The molecule has 2 amide bonds. The number of fused-ring (bicyclic) bond motifs is 1. The predicted molar refractivity (Wildman–Crippen MR) is 115 cm³/mol. The van der Waals surface area contributed by atoms with Gasteiger partial charge in [-0.1, -0.05) is 18.2 Å². The van der Waals surface area contributed by atoms with Crippen LogP contribution in [0.3, 0.4) is 0 Å². The molecule has 1 atom stereocenters. The number of oxazole rings is 1. The van der Waals surface area contributed by atoms with Gasteiger partial charge >= 0.3 is 0 Å². The van der Waals surface area contributed by atoms with Gasteiger partial charge in [-0.15, -0.1) is 0 Å². The average Bonchev–Trinajstić information content (AvgIpc) is 3.27. The third-order valence-electron chi connectivity index (χ3n) is 5.42. The molecule has 1 aliphatic heterocycles. The molecule has 0 aliphatic carbocycles. The zero-order valence-electron chi connectivity index (χ0n) is 17.9. The fourth-order valence-corrected chi connectivity index (χ4v) is 3.90. The normalized spacial score (nSPS) is 15.2. The molecule has 1 N–H and O–H groups in total. The lowest BCUT2D eigenvalue weighted by molar-refractivity contribution is -0.130. The Morgan fingerprint density at radius 1 is 1.25 bits per heavy atom. The summed E-state index contributed by atoms with van der Waals surface area (Å²) in [7, 11) is 0. The minimum absolute atomic E-state index is 0.0473. The van der Waals surface area contributed by atoms with E-state index in [4.69, 9.17) is 9.15 Å². The molecule has 8 heteroatoms. The third-order valence-corrected chi connectivity index (χ3v) is 5.42. The lowest BCUT2D eigenvalue weighted by atomic mass is 9.88. The van der Waals surface area contributed by atoms with E-state index in [0.717, 1.165) is 23.1 Å². The molecular formula is C24H24FN3O4. The number of hydrogen-bond donors (Lipinski definition) is 1. The molecule has 1 aliphatic rings. The number of carbonyl (C=O) groups excluding carboxylic acids is 2. The molecule has 0 fully saturated rings. The Kier molecular flexibility index (Phi) is 6.20. The number of carbonyl (C=O) groups is 2. The van der Waals surface area contributed by atoms with Crippen LogP contribution in [0.15, 0.2) is 53.1 Å². The van der Waals surface area contributed by atoms with Gasteiger partial charge in [-0.3, -0.25) is 9.59 Å². The Bertz CT molecular complexity index is 1130. The van der Waals surface area contributed by atoms with Crippen molar-refractivity contribution in [3.05, 3.63) is 82.8 Å². The van der Waals surface area contributed by atoms with E-state index in [1.807, 2.05) is 25.1 Å². The second-order valence-corrected chi connectivity index (χ2v) is 7.55. The summed E-state index contributed by atoms with van der Waals surface area (Å²) in [6.07, 6.45) is 2.02. The minimum Gasteiger partial charge on any atom is -0.484 e. The van der Waals surface area contributed by atoms with Gasteiger partial charge in [-0.2, -0.15) is 0 Å². The fourth-order valence-electron chi connectivity index (χ4n) is 3.90. The third kappa shape index (κ3) is 4.49. The van der Waals surface area contributed by atoms with Crippen molar-refractivity contribution in [3.63, 3.8) is 0 Å². The highest BCUT2D eigenvalue weighted by atomic mass is 19.1. The highest BCUT2D eigenvalue weighted by molar-refractivity contribution is 5.91. The highest BCUT2D eigenvalue weighted by Crippen LogP contribution is 2.37. The van der Waals surface area contributed by atoms with Crippen LogP contribution in [0.5, 0.6) is 5.75 Å². The van der Waals surface area contributed by atoms with E-state index in [0.29, 0.717) is 18.8 Å². The number of nitrogens with zero attached hydrogens (tertiary/aromatic N) is 2. The number of benzene rings is 2. The summed E-state index contributed by atoms with van der Waals surface area (Å²) in [5, 5.41) is 2.66. The first kappa shape index (κ1) is 21.5. The number of halogens is 1. The summed E-state index contributed by atoms with van der Waals surface area (Å²) in [6.45, 7) is 4.50. The number of amides is 2. The number of hydrogen-bond acceptors (Lipinski definition) is 5. The molecule has 7 nitrogen and oxygen atoms in total. The summed E-state index contributed by atoms with van der Waals surface area (Å²) >= 11 is 0. The second kappa shape index (κ2) is 9.21. The molecule has 2 heterocycles. The number of ether oxygens (including phenoxy) is 1. The minimum atomic E-state index is -0.327. The van der Waals surface area contributed by atoms with E-state index in [2.05, 4.69) is 10.3 Å². The van der Waals surface area contributed by atoms with Gasteiger partial charge in [-0.05, 0) is 54.3 Å². The Morgan fingerprint density at radius 3 is 2.75 bits per heavy atom. The van der Waals surface area contributed by atoms with Gasteiger partial charge in [-0.25, -0.2) is 9.37 Å². The first-order valence-corrected chi connectivity index (χ1v) is 10.5. The Morgan fingerprint density at radius 2 is 2.03 bits per heavy atom. The van der Waals surface area contributed by atoms with Crippen LogP contribution in [0, 0.1) is 5.82 Å². The molecule has 166 valence electrons. The van der Waals surface area contributed by atoms with Crippen molar-refractivity contribution < 1.29 is 23.1 Å². The first-order chi connectivity index (χ1) is 15.5. The van der Waals surface area contributed by atoms with Crippen LogP contribution in [0.25, 0.3) is 0 Å². The predicted octanol–water partition coefficient (Wildman–Crippen LogP) is 3.64. The molecule has 3 aromatic rings. The summed E-state index contributed by atoms with van der Waals surface area (Å²) in [5.41, 5.74) is 3.08. The smallest absolute Gasteiger partial charge is 0.273 e. The van der Waals surface area contributed by atoms with Crippen molar-refractivity contribution in [2.45, 2.75) is 32.9 Å². The summed E-state index contributed by atoms with van der Waals surface area (Å²) in [6, 6.07) is 11.6. The molecule has 0 spiro atoms. The quantitative estimate of drug-likeness (QED) is 0.637. The van der Waals surface area contributed by atoms with Gasteiger partial charge < -0.3 is 19.4 Å². The summed E-state index contributed by atoms with van der Waals surface area (Å²) < 4.78 is 24.7. The number of rotatable bonds is 6. The van der Waals surface area contributed by atoms with Crippen molar-refractivity contribution in [1.82, 2.24) is 15.2 Å². The standard InChI is InChI=1S/C24H24FN3O4/c1-3-26-24(30)21-13-32-22(27-21)14-31-19-9-6-16-10-11-28(15(2)29)23(20(16)12-19)17-4-7-18(25)8-5-17/h4-9,12-13,23H,3,10-11,14H2,1-2H3,(H,26,30). The van der Waals surface area contributed by atoms with E-state index >= 15 is 0 Å². The largest absolute Gasteiger partial charge is 0.484 e. The van der Waals surface area contributed by atoms with Crippen LogP contribution in [0.4, 0.5) is 4.39 Å². The molecule has 0 bridgehead atoms. The average molecular weight is 437 g/mol. The molecule has 0 radical (unpaired) electrons. The van der Waals surface area contributed by atoms with E-state index in [1.165, 1.54) is 25.3 Å². The van der Waals surface area contributed by atoms with Crippen molar-refractivity contribution in [1.29, 1.82) is 0 Å². The van der Waals surface area contributed by atoms with Gasteiger partial charge in [0.25, 0.3) is 5.91 Å². The van der Waals surface area contributed by atoms with Gasteiger partial charge in [0.05, 0.1) is 6.04 Å². The zero-order chi connectivity index (χ0) is 22.7. The van der Waals surface area contributed by atoms with Crippen LogP contribution in [0.1, 0.15) is 53.0 Å². The SMILES string of the molecule is CCNC(=O)c1coc(COc2ccc3c(c2)C(c2ccc(F)cc2)N(C(C)=O)CC3)n1. The van der Waals surface area contributed by atoms with E-state index < -0.39 is 0 Å². The molecule has 1 aromatic heterocycles. The molecule has 2 aromatic carbocycles. The van der Waals surface area contributed by atoms with Crippen LogP contribution in [0.2, 0.25) is 0 Å². The van der Waals surface area contributed by atoms with E-state index in [1.54, 1.807) is 17.0 Å². The zero-order valence-corrected chi connectivity index (χ0v) is 17.9. The Hall–Kier alpha value is -3.68. The van der Waals surface area contributed by atoms with Crippen LogP contribution in [-0.2, 0) is 17.8 Å². The molecule has 0 saturated carbocycles. The van der Waals surface area contributed by atoms with Crippen molar-refractivity contribution in [3.8, 4) is 5.75 Å².